The van der Waals surface area contributed by atoms with Crippen LogP contribution in [0.3, 0.4) is 0 Å². The standard InChI is InChI=1S/C7H4BrNO3S/c8-6-3-1-2-5-4-9-13(10,11)12-7(5)6/h1-4H. The molecular weight excluding hydrogens is 258 g/mol. The molecule has 4 nitrogen and oxygen atoms in total. The monoisotopic (exact) mass is 261 g/mol. The van der Waals surface area contributed by atoms with Gasteiger partial charge in [-0.15, -0.1) is 4.40 Å². The molecule has 0 bridgehead atoms. The number of benzene rings is 1. The molecule has 1 aliphatic heterocycles. The van der Waals surface area contributed by atoms with Crippen molar-refractivity contribution in [2.45, 2.75) is 0 Å². The molecule has 0 unspecified atom stereocenters. The van der Waals surface area contributed by atoms with Gasteiger partial charge in [0.05, 0.1) is 10.7 Å². The molecule has 2 rings (SSSR count). The first-order valence-corrected chi connectivity index (χ1v) is 5.52. The van der Waals surface area contributed by atoms with Crippen LogP contribution in [0.1, 0.15) is 5.56 Å². The normalized spacial score (nSPS) is 17.6. The Balaban J connectivity index is 2.67. The first kappa shape index (κ1) is 8.71. The van der Waals surface area contributed by atoms with E-state index in [1.165, 1.54) is 6.21 Å². The van der Waals surface area contributed by atoms with Gasteiger partial charge in [0, 0.05) is 5.56 Å². The van der Waals surface area contributed by atoms with Gasteiger partial charge >= 0.3 is 10.3 Å². The number of para-hydroxylation sites is 1. The molecule has 6 heteroatoms. The van der Waals surface area contributed by atoms with Crippen molar-refractivity contribution in [3.63, 3.8) is 0 Å². The van der Waals surface area contributed by atoms with Crippen LogP contribution in [0.15, 0.2) is 27.1 Å². The van der Waals surface area contributed by atoms with Crippen molar-refractivity contribution in [3.05, 3.63) is 28.2 Å². The van der Waals surface area contributed by atoms with Crippen LogP contribution in [0.2, 0.25) is 0 Å². The van der Waals surface area contributed by atoms with Crippen molar-refractivity contribution in [3.8, 4) is 5.75 Å². The lowest BCUT2D eigenvalue weighted by Crippen LogP contribution is -2.12. The Labute approximate surface area is 83.6 Å². The Morgan fingerprint density at radius 3 is 2.92 bits per heavy atom. The minimum atomic E-state index is -3.78. The second-order valence-corrected chi connectivity index (χ2v) is 4.49. The van der Waals surface area contributed by atoms with Crippen molar-refractivity contribution in [1.82, 2.24) is 0 Å². The predicted molar refractivity (Wildman–Crippen MR) is 51.3 cm³/mol. The fraction of sp³-hybridized carbons (Fsp3) is 0. The van der Waals surface area contributed by atoms with Crippen LogP contribution in [-0.4, -0.2) is 14.6 Å². The lowest BCUT2D eigenvalue weighted by atomic mass is 10.2. The Hall–Kier alpha value is -0.880. The summed E-state index contributed by atoms with van der Waals surface area (Å²) in [6.45, 7) is 0. The molecule has 68 valence electrons. The van der Waals surface area contributed by atoms with Crippen LogP contribution < -0.4 is 4.18 Å². The van der Waals surface area contributed by atoms with Gasteiger partial charge in [-0.2, -0.15) is 8.42 Å². The van der Waals surface area contributed by atoms with E-state index in [2.05, 4.69) is 24.5 Å². The van der Waals surface area contributed by atoms with E-state index in [9.17, 15) is 8.42 Å². The number of hydrogen-bond acceptors (Lipinski definition) is 3. The van der Waals surface area contributed by atoms with Crippen molar-refractivity contribution in [2.75, 3.05) is 0 Å². The molecule has 1 heterocycles. The Morgan fingerprint density at radius 1 is 1.38 bits per heavy atom. The highest BCUT2D eigenvalue weighted by Gasteiger charge is 2.19. The van der Waals surface area contributed by atoms with E-state index in [4.69, 9.17) is 0 Å². The maximum atomic E-state index is 10.9. The molecule has 0 fully saturated rings. The van der Waals surface area contributed by atoms with E-state index in [0.29, 0.717) is 10.0 Å². The Morgan fingerprint density at radius 2 is 2.15 bits per heavy atom. The van der Waals surface area contributed by atoms with Crippen molar-refractivity contribution < 1.29 is 12.6 Å². The highest BCUT2D eigenvalue weighted by atomic mass is 79.9. The molecule has 1 aromatic carbocycles. The Kier molecular flexibility index (Phi) is 1.88. The molecule has 0 N–H and O–H groups in total. The fourth-order valence-corrected chi connectivity index (χ4v) is 2.22. The quantitative estimate of drug-likeness (QED) is 0.712. The van der Waals surface area contributed by atoms with E-state index in [1.54, 1.807) is 18.2 Å². The zero-order valence-electron chi connectivity index (χ0n) is 6.27. The van der Waals surface area contributed by atoms with Gasteiger partial charge in [-0.1, -0.05) is 6.07 Å². The third kappa shape index (κ3) is 1.59. The maximum Gasteiger partial charge on any atom is 0.428 e. The van der Waals surface area contributed by atoms with Crippen LogP contribution in [0, 0.1) is 0 Å². The highest BCUT2D eigenvalue weighted by molar-refractivity contribution is 9.10. The average Bonchev–Trinajstić information content (AvgIpc) is 2.06. The first-order chi connectivity index (χ1) is 6.08. The van der Waals surface area contributed by atoms with Crippen LogP contribution >= 0.6 is 15.9 Å². The second kappa shape index (κ2) is 2.81. The summed E-state index contributed by atoms with van der Waals surface area (Å²) < 4.78 is 30.4. The van der Waals surface area contributed by atoms with Gasteiger partial charge in [0.15, 0.2) is 5.75 Å². The maximum absolute atomic E-state index is 10.9. The van der Waals surface area contributed by atoms with Gasteiger partial charge in [0.2, 0.25) is 0 Å². The van der Waals surface area contributed by atoms with Crippen LogP contribution in [-0.2, 0) is 10.3 Å². The van der Waals surface area contributed by atoms with Crippen molar-refractivity contribution in [1.29, 1.82) is 0 Å². The van der Waals surface area contributed by atoms with E-state index >= 15 is 0 Å². The molecule has 0 aliphatic carbocycles. The molecule has 0 radical (unpaired) electrons. The molecule has 0 aromatic heterocycles. The molecule has 0 saturated heterocycles. The fourth-order valence-electron chi connectivity index (χ4n) is 0.963. The topological polar surface area (TPSA) is 55.7 Å². The molecule has 0 spiro atoms. The van der Waals surface area contributed by atoms with Gasteiger partial charge < -0.3 is 4.18 Å². The highest BCUT2D eigenvalue weighted by Crippen LogP contribution is 2.31. The number of hydrogen-bond donors (Lipinski definition) is 0. The SMILES string of the molecule is O=S1(=O)N=Cc2cccc(Br)c2O1. The lowest BCUT2D eigenvalue weighted by molar-refractivity contribution is 0.484. The van der Waals surface area contributed by atoms with Crippen LogP contribution in [0.4, 0.5) is 0 Å². The summed E-state index contributed by atoms with van der Waals surface area (Å²) in [4.78, 5) is 0. The number of halogens is 1. The molecule has 0 amide bonds. The lowest BCUT2D eigenvalue weighted by Gasteiger charge is -2.11. The average molecular weight is 262 g/mol. The summed E-state index contributed by atoms with van der Waals surface area (Å²) in [5, 5.41) is 0. The molecule has 0 saturated carbocycles. The Bertz CT molecular complexity index is 481. The number of nitrogens with zero attached hydrogens (tertiary/aromatic N) is 1. The molecule has 0 atom stereocenters. The van der Waals surface area contributed by atoms with Gasteiger partial charge in [-0.25, -0.2) is 0 Å². The van der Waals surface area contributed by atoms with E-state index in [0.717, 1.165) is 0 Å². The zero-order valence-corrected chi connectivity index (χ0v) is 8.67. The van der Waals surface area contributed by atoms with E-state index in [-0.39, 0.29) is 5.75 Å². The molecular formula is C7H4BrNO3S. The van der Waals surface area contributed by atoms with Gasteiger partial charge in [0.25, 0.3) is 0 Å². The first-order valence-electron chi connectivity index (χ1n) is 3.37. The van der Waals surface area contributed by atoms with Crippen LogP contribution in [0.25, 0.3) is 0 Å². The number of fused-ring (bicyclic) bond motifs is 1. The smallest absolute Gasteiger partial charge is 0.364 e. The largest absolute Gasteiger partial charge is 0.428 e. The van der Waals surface area contributed by atoms with E-state index in [1.807, 2.05) is 0 Å². The van der Waals surface area contributed by atoms with E-state index < -0.39 is 10.3 Å². The second-order valence-electron chi connectivity index (χ2n) is 2.40. The minimum Gasteiger partial charge on any atom is -0.364 e. The molecule has 1 aromatic rings. The summed E-state index contributed by atoms with van der Waals surface area (Å²) in [6, 6.07) is 5.20. The summed E-state index contributed by atoms with van der Waals surface area (Å²) in [5.41, 5.74) is 0.643. The van der Waals surface area contributed by atoms with Gasteiger partial charge in [-0.3, -0.25) is 0 Å². The summed E-state index contributed by atoms with van der Waals surface area (Å²) in [5.74, 6) is 0.289. The predicted octanol–water partition coefficient (Wildman–Crippen LogP) is 1.51. The minimum absolute atomic E-state index is 0.289. The third-order valence-electron chi connectivity index (χ3n) is 1.51. The molecule has 1 aliphatic rings. The zero-order chi connectivity index (χ0) is 9.47. The summed E-state index contributed by atoms with van der Waals surface area (Å²) >= 11 is 3.18. The molecule has 13 heavy (non-hydrogen) atoms. The number of rotatable bonds is 0. The third-order valence-corrected chi connectivity index (χ3v) is 2.87. The van der Waals surface area contributed by atoms with Gasteiger partial charge in [0.1, 0.15) is 0 Å². The van der Waals surface area contributed by atoms with Crippen molar-refractivity contribution in [2.24, 2.45) is 4.40 Å². The van der Waals surface area contributed by atoms with Crippen molar-refractivity contribution >= 4 is 32.4 Å². The van der Waals surface area contributed by atoms with Crippen LogP contribution in [0.5, 0.6) is 5.75 Å². The summed E-state index contributed by atoms with van der Waals surface area (Å²) in [6.07, 6.45) is 1.26. The summed E-state index contributed by atoms with van der Waals surface area (Å²) in [7, 11) is -3.78. The van der Waals surface area contributed by atoms with Gasteiger partial charge in [-0.05, 0) is 28.1 Å².